The summed E-state index contributed by atoms with van der Waals surface area (Å²) in [5.41, 5.74) is 2.89. The minimum Gasteiger partial charge on any atom is -0.465 e. The number of rotatable bonds is 8. The maximum Gasteiger partial charge on any atom is 0.337 e. The number of piperazine rings is 1. The number of pyridine rings is 1. The molecule has 1 atom stereocenters. The molecule has 1 aliphatic rings. The van der Waals surface area contributed by atoms with Crippen molar-refractivity contribution in [3.05, 3.63) is 99.3 Å². The Balaban J connectivity index is 1.39. The molecule has 4 rings (SSSR count). The monoisotopic (exact) mass is 527 g/mol. The number of ether oxygens (including phenoxy) is 2. The van der Waals surface area contributed by atoms with Crippen molar-refractivity contribution in [3.63, 3.8) is 0 Å². The van der Waals surface area contributed by atoms with E-state index in [1.807, 2.05) is 36.4 Å². The molecular weight excluding hydrogens is 501 g/mol. The Morgan fingerprint density at radius 1 is 0.972 bits per heavy atom. The number of nitrogens with zero attached hydrogens (tertiary/aromatic N) is 3. The molecule has 9 heteroatoms. The van der Waals surface area contributed by atoms with Crippen molar-refractivity contribution in [2.75, 3.05) is 39.8 Å². The first-order valence-corrected chi connectivity index (χ1v) is 12.4. The highest BCUT2D eigenvalue weighted by atomic mass is 35.5. The molecule has 1 fully saturated rings. The van der Waals surface area contributed by atoms with E-state index in [0.29, 0.717) is 55.5 Å². The van der Waals surface area contributed by atoms with Gasteiger partial charge in [0, 0.05) is 43.9 Å². The van der Waals surface area contributed by atoms with E-state index < -0.39 is 0 Å². The highest BCUT2D eigenvalue weighted by Crippen LogP contribution is 2.24. The predicted molar refractivity (Wildman–Crippen MR) is 138 cm³/mol. The molecule has 0 saturated carbocycles. The van der Waals surface area contributed by atoms with Crippen LogP contribution in [0.3, 0.4) is 0 Å². The van der Waals surface area contributed by atoms with Crippen molar-refractivity contribution in [2.24, 2.45) is 0 Å². The van der Waals surface area contributed by atoms with Crippen LogP contribution in [0.2, 0.25) is 10.2 Å². The van der Waals surface area contributed by atoms with Crippen molar-refractivity contribution >= 4 is 35.1 Å². The maximum atomic E-state index is 12.9. The topological polar surface area (TPSA) is 72.0 Å². The fourth-order valence-corrected chi connectivity index (χ4v) is 4.39. The summed E-state index contributed by atoms with van der Waals surface area (Å²) in [4.78, 5) is 32.7. The summed E-state index contributed by atoms with van der Waals surface area (Å²) >= 11 is 12.2. The molecule has 0 N–H and O–H groups in total. The van der Waals surface area contributed by atoms with Gasteiger partial charge in [-0.2, -0.15) is 0 Å². The van der Waals surface area contributed by atoms with Crippen LogP contribution in [0.1, 0.15) is 37.9 Å². The third-order valence-corrected chi connectivity index (χ3v) is 6.69. The molecule has 1 aliphatic heterocycles. The maximum absolute atomic E-state index is 12.9. The van der Waals surface area contributed by atoms with E-state index in [2.05, 4.69) is 9.88 Å². The van der Waals surface area contributed by atoms with E-state index >= 15 is 0 Å². The summed E-state index contributed by atoms with van der Waals surface area (Å²) in [5.74, 6) is -0.474. The van der Waals surface area contributed by atoms with Crippen molar-refractivity contribution in [1.29, 1.82) is 0 Å². The molecule has 0 radical (unpaired) electrons. The summed E-state index contributed by atoms with van der Waals surface area (Å²) in [5, 5.41) is 0.887. The summed E-state index contributed by atoms with van der Waals surface area (Å²) in [6.45, 7) is 3.65. The van der Waals surface area contributed by atoms with Gasteiger partial charge in [-0.15, -0.1) is 0 Å². The Morgan fingerprint density at radius 3 is 2.31 bits per heavy atom. The van der Waals surface area contributed by atoms with Gasteiger partial charge in [-0.25, -0.2) is 9.78 Å². The van der Waals surface area contributed by atoms with Crippen LogP contribution in [-0.4, -0.2) is 66.5 Å². The van der Waals surface area contributed by atoms with Crippen molar-refractivity contribution in [3.8, 4) is 0 Å². The molecule has 1 amide bonds. The number of hydrogen-bond acceptors (Lipinski definition) is 6. The highest BCUT2D eigenvalue weighted by Gasteiger charge is 2.26. The molecule has 1 aromatic heterocycles. The Kier molecular flexibility index (Phi) is 8.93. The smallest absolute Gasteiger partial charge is 0.337 e. The lowest BCUT2D eigenvalue weighted by Gasteiger charge is -2.36. The Labute approximate surface area is 220 Å². The minimum atomic E-state index is -0.370. The van der Waals surface area contributed by atoms with E-state index in [1.165, 1.54) is 7.11 Å². The van der Waals surface area contributed by atoms with E-state index in [4.69, 9.17) is 32.7 Å². The van der Waals surface area contributed by atoms with Crippen molar-refractivity contribution in [2.45, 2.75) is 12.7 Å². The van der Waals surface area contributed by atoms with Crippen LogP contribution in [0.15, 0.2) is 66.9 Å². The van der Waals surface area contributed by atoms with Gasteiger partial charge >= 0.3 is 5.97 Å². The predicted octanol–water partition coefficient (Wildman–Crippen LogP) is 4.89. The largest absolute Gasteiger partial charge is 0.465 e. The number of carbonyl (C=O) groups is 2. The quantitative estimate of drug-likeness (QED) is 0.306. The molecule has 0 bridgehead atoms. The van der Waals surface area contributed by atoms with Crippen LogP contribution in [-0.2, 0) is 16.1 Å². The second-order valence-electron chi connectivity index (χ2n) is 8.47. The van der Waals surface area contributed by atoms with Crippen LogP contribution >= 0.6 is 23.2 Å². The number of halogens is 2. The molecule has 188 valence electrons. The lowest BCUT2D eigenvalue weighted by atomic mass is 10.1. The summed E-state index contributed by atoms with van der Waals surface area (Å²) < 4.78 is 11.1. The van der Waals surface area contributed by atoms with E-state index in [9.17, 15) is 9.59 Å². The van der Waals surface area contributed by atoms with Gasteiger partial charge in [0.1, 0.15) is 5.15 Å². The van der Waals surface area contributed by atoms with Crippen molar-refractivity contribution in [1.82, 2.24) is 14.8 Å². The fraction of sp³-hybridized carbons (Fsp3) is 0.296. The number of carbonyl (C=O) groups excluding carboxylic acids is 2. The zero-order chi connectivity index (χ0) is 25.5. The third kappa shape index (κ3) is 6.62. The molecule has 0 spiro atoms. The number of methoxy groups -OCH3 is 1. The lowest BCUT2D eigenvalue weighted by Crippen LogP contribution is -2.49. The van der Waals surface area contributed by atoms with Gasteiger partial charge in [-0.3, -0.25) is 9.69 Å². The third-order valence-electron chi connectivity index (χ3n) is 6.14. The SMILES string of the molecule is COC(=O)c1ccc(CO[C@H](CN2CCN(C(=O)c3cccnc3Cl)CC2)c2ccc(Cl)cc2)cc1. The van der Waals surface area contributed by atoms with E-state index in [1.54, 1.807) is 35.4 Å². The molecule has 0 aliphatic carbocycles. The highest BCUT2D eigenvalue weighted by molar-refractivity contribution is 6.32. The number of esters is 1. The first-order valence-electron chi connectivity index (χ1n) is 11.6. The number of hydrogen-bond donors (Lipinski definition) is 0. The van der Waals surface area contributed by atoms with Gasteiger partial charge in [0.25, 0.3) is 5.91 Å². The van der Waals surface area contributed by atoms with Crippen LogP contribution in [0, 0.1) is 0 Å². The molecule has 7 nitrogen and oxygen atoms in total. The molecule has 2 heterocycles. The minimum absolute atomic E-state index is 0.103. The number of benzene rings is 2. The normalized spacial score (nSPS) is 14.9. The van der Waals surface area contributed by atoms with Crippen LogP contribution in [0.4, 0.5) is 0 Å². The molecule has 2 aromatic carbocycles. The standard InChI is InChI=1S/C27H27Cl2N3O4/c1-35-27(34)21-6-4-19(5-7-21)18-36-24(20-8-10-22(28)11-9-20)17-31-13-15-32(16-14-31)26(33)23-3-2-12-30-25(23)29/h2-12,24H,13-18H2,1H3/t24-/m1/s1. The lowest BCUT2D eigenvalue weighted by molar-refractivity contribution is 0.00340. The summed E-state index contributed by atoms with van der Waals surface area (Å²) in [6.07, 6.45) is 1.37. The van der Waals surface area contributed by atoms with E-state index in [-0.39, 0.29) is 23.1 Å². The van der Waals surface area contributed by atoms with Gasteiger partial charge in [0.05, 0.1) is 30.9 Å². The number of amides is 1. The summed E-state index contributed by atoms with van der Waals surface area (Å²) in [6, 6.07) is 18.2. The second kappa shape index (κ2) is 12.3. The number of aromatic nitrogens is 1. The van der Waals surface area contributed by atoms with Gasteiger partial charge in [-0.05, 0) is 47.5 Å². The average molecular weight is 528 g/mol. The molecule has 0 unspecified atom stereocenters. The van der Waals surface area contributed by atoms with Crippen LogP contribution < -0.4 is 0 Å². The molecule has 36 heavy (non-hydrogen) atoms. The Hall–Kier alpha value is -2.97. The van der Waals surface area contributed by atoms with E-state index in [0.717, 1.165) is 11.1 Å². The zero-order valence-corrected chi connectivity index (χ0v) is 21.4. The fourth-order valence-electron chi connectivity index (χ4n) is 4.07. The van der Waals surface area contributed by atoms with Crippen LogP contribution in [0.5, 0.6) is 0 Å². The summed E-state index contributed by atoms with van der Waals surface area (Å²) in [7, 11) is 1.36. The van der Waals surface area contributed by atoms with Crippen molar-refractivity contribution < 1.29 is 19.1 Å². The molecule has 3 aromatic rings. The Morgan fingerprint density at radius 2 is 1.67 bits per heavy atom. The zero-order valence-electron chi connectivity index (χ0n) is 19.9. The Bertz CT molecular complexity index is 1180. The van der Waals surface area contributed by atoms with Gasteiger partial charge < -0.3 is 14.4 Å². The molecule has 1 saturated heterocycles. The van der Waals surface area contributed by atoms with Gasteiger partial charge in [0.2, 0.25) is 0 Å². The van der Waals surface area contributed by atoms with Gasteiger partial charge in [0.15, 0.2) is 0 Å². The first kappa shape index (κ1) is 26.1. The molecular formula is C27H27Cl2N3O4. The van der Waals surface area contributed by atoms with Crippen LogP contribution in [0.25, 0.3) is 0 Å². The average Bonchev–Trinajstić information content (AvgIpc) is 2.91. The second-order valence-corrected chi connectivity index (χ2v) is 9.27. The first-order chi connectivity index (χ1) is 17.4. The van der Waals surface area contributed by atoms with Gasteiger partial charge in [-0.1, -0.05) is 47.5 Å².